The van der Waals surface area contributed by atoms with E-state index in [0.29, 0.717) is 5.54 Å². The Kier molecular flexibility index (Phi) is 2.63. The zero-order chi connectivity index (χ0) is 8.60. The monoisotopic (exact) mass is 281 g/mol. The van der Waals surface area contributed by atoms with Gasteiger partial charge in [0.1, 0.15) is 0 Å². The van der Waals surface area contributed by atoms with E-state index < -0.39 is 0 Å². The predicted molar refractivity (Wildman–Crippen MR) is 57.8 cm³/mol. The van der Waals surface area contributed by atoms with Crippen molar-refractivity contribution >= 4 is 22.6 Å². The summed E-state index contributed by atoms with van der Waals surface area (Å²) >= 11 is 2.57. The van der Waals surface area contributed by atoms with Gasteiger partial charge in [-0.3, -0.25) is 4.90 Å². The van der Waals surface area contributed by atoms with Crippen LogP contribution in [0.3, 0.4) is 0 Å². The Labute approximate surface area is 87.8 Å². The smallest absolute Gasteiger partial charge is 0.0671 e. The van der Waals surface area contributed by atoms with Crippen molar-refractivity contribution in [3.63, 3.8) is 0 Å². The van der Waals surface area contributed by atoms with Crippen LogP contribution >= 0.6 is 22.6 Å². The average Bonchev–Trinajstić information content (AvgIpc) is 2.02. The van der Waals surface area contributed by atoms with Gasteiger partial charge < -0.3 is 4.74 Å². The van der Waals surface area contributed by atoms with Crippen LogP contribution in [0.5, 0.6) is 0 Å². The van der Waals surface area contributed by atoms with E-state index in [9.17, 15) is 0 Å². The third-order valence-electron chi connectivity index (χ3n) is 3.01. The van der Waals surface area contributed by atoms with E-state index in [4.69, 9.17) is 4.74 Å². The fraction of sp³-hybridized carbons (Fsp3) is 1.00. The van der Waals surface area contributed by atoms with Crippen LogP contribution in [0.25, 0.3) is 0 Å². The average molecular weight is 281 g/mol. The standard InChI is InChI=1S/C9H16INO/c1-9(6-12-7-9)11-4-2-8(10)3-5-11/h8H,2-7H2,1H3. The second-order valence-electron chi connectivity index (χ2n) is 4.15. The molecule has 3 heteroatoms. The summed E-state index contributed by atoms with van der Waals surface area (Å²) in [4.78, 5) is 2.60. The summed E-state index contributed by atoms with van der Waals surface area (Å²) in [7, 11) is 0. The molecule has 2 saturated heterocycles. The molecule has 0 unspecified atom stereocenters. The molecule has 2 rings (SSSR count). The maximum Gasteiger partial charge on any atom is 0.0671 e. The first-order valence-corrected chi connectivity index (χ1v) is 5.92. The summed E-state index contributed by atoms with van der Waals surface area (Å²) in [5.41, 5.74) is 0.386. The Bertz CT molecular complexity index is 162. The molecule has 70 valence electrons. The van der Waals surface area contributed by atoms with Crippen molar-refractivity contribution in [1.29, 1.82) is 0 Å². The molecule has 0 aromatic heterocycles. The lowest BCUT2D eigenvalue weighted by molar-refractivity contribution is -0.134. The highest BCUT2D eigenvalue weighted by atomic mass is 127. The van der Waals surface area contributed by atoms with Gasteiger partial charge in [0, 0.05) is 3.92 Å². The molecular weight excluding hydrogens is 265 g/mol. The van der Waals surface area contributed by atoms with Crippen LogP contribution in [-0.4, -0.2) is 40.7 Å². The van der Waals surface area contributed by atoms with E-state index in [1.54, 1.807) is 0 Å². The minimum atomic E-state index is 0.386. The topological polar surface area (TPSA) is 12.5 Å². The molecule has 0 amide bonds. The van der Waals surface area contributed by atoms with Crippen LogP contribution < -0.4 is 0 Å². The van der Waals surface area contributed by atoms with E-state index in [-0.39, 0.29) is 0 Å². The van der Waals surface area contributed by atoms with Gasteiger partial charge in [0.25, 0.3) is 0 Å². The number of piperidine rings is 1. The first kappa shape index (κ1) is 9.21. The molecule has 0 spiro atoms. The molecule has 0 atom stereocenters. The Morgan fingerprint density at radius 2 is 1.92 bits per heavy atom. The zero-order valence-corrected chi connectivity index (χ0v) is 9.71. The van der Waals surface area contributed by atoms with Crippen LogP contribution in [0.4, 0.5) is 0 Å². The van der Waals surface area contributed by atoms with E-state index in [1.807, 2.05) is 0 Å². The Morgan fingerprint density at radius 1 is 1.33 bits per heavy atom. The molecule has 0 aliphatic carbocycles. The van der Waals surface area contributed by atoms with Crippen molar-refractivity contribution in [3.8, 4) is 0 Å². The van der Waals surface area contributed by atoms with E-state index in [0.717, 1.165) is 17.1 Å². The molecule has 0 aromatic rings. The van der Waals surface area contributed by atoms with Gasteiger partial charge in [0.2, 0.25) is 0 Å². The fourth-order valence-electron chi connectivity index (χ4n) is 1.97. The molecule has 2 aliphatic rings. The van der Waals surface area contributed by atoms with Crippen LogP contribution in [-0.2, 0) is 4.74 Å². The highest BCUT2D eigenvalue weighted by Crippen LogP contribution is 2.29. The van der Waals surface area contributed by atoms with Gasteiger partial charge >= 0.3 is 0 Å². The normalized spacial score (nSPS) is 31.5. The summed E-state index contributed by atoms with van der Waals surface area (Å²) in [6.07, 6.45) is 2.71. The number of nitrogens with zero attached hydrogens (tertiary/aromatic N) is 1. The lowest BCUT2D eigenvalue weighted by Gasteiger charge is -2.49. The summed E-state index contributed by atoms with van der Waals surface area (Å²) in [5, 5.41) is 0. The SMILES string of the molecule is CC1(N2CCC(I)CC2)COC1. The zero-order valence-electron chi connectivity index (χ0n) is 7.55. The van der Waals surface area contributed by atoms with Crippen LogP contribution in [0.1, 0.15) is 19.8 Å². The highest BCUT2D eigenvalue weighted by Gasteiger charge is 2.40. The second-order valence-corrected chi connectivity index (χ2v) is 5.91. The summed E-state index contributed by atoms with van der Waals surface area (Å²) < 4.78 is 6.18. The van der Waals surface area contributed by atoms with Crippen molar-refractivity contribution in [2.45, 2.75) is 29.2 Å². The number of rotatable bonds is 1. The van der Waals surface area contributed by atoms with Gasteiger partial charge in [-0.15, -0.1) is 0 Å². The van der Waals surface area contributed by atoms with E-state index in [1.165, 1.54) is 25.9 Å². The predicted octanol–water partition coefficient (Wildman–Crippen LogP) is 1.67. The lowest BCUT2D eigenvalue weighted by atomic mass is 9.95. The maximum absolute atomic E-state index is 5.27. The molecule has 2 nitrogen and oxygen atoms in total. The minimum absolute atomic E-state index is 0.386. The van der Waals surface area contributed by atoms with Crippen LogP contribution in [0, 0.1) is 0 Å². The van der Waals surface area contributed by atoms with E-state index >= 15 is 0 Å². The van der Waals surface area contributed by atoms with Crippen molar-refractivity contribution in [1.82, 2.24) is 4.90 Å². The fourth-order valence-corrected chi connectivity index (χ4v) is 2.52. The number of likely N-dealkylation sites (tertiary alicyclic amines) is 1. The maximum atomic E-state index is 5.27. The molecule has 12 heavy (non-hydrogen) atoms. The highest BCUT2D eigenvalue weighted by molar-refractivity contribution is 14.1. The number of alkyl halides is 1. The van der Waals surface area contributed by atoms with Crippen molar-refractivity contribution in [2.24, 2.45) is 0 Å². The van der Waals surface area contributed by atoms with Crippen molar-refractivity contribution in [3.05, 3.63) is 0 Å². The van der Waals surface area contributed by atoms with Gasteiger partial charge in [-0.1, -0.05) is 22.6 Å². The molecule has 0 N–H and O–H groups in total. The van der Waals surface area contributed by atoms with Crippen LogP contribution in [0.15, 0.2) is 0 Å². The van der Waals surface area contributed by atoms with Gasteiger partial charge in [0.15, 0.2) is 0 Å². The van der Waals surface area contributed by atoms with Crippen molar-refractivity contribution < 1.29 is 4.74 Å². The van der Waals surface area contributed by atoms with Crippen molar-refractivity contribution in [2.75, 3.05) is 26.3 Å². The molecule has 2 fully saturated rings. The molecule has 2 heterocycles. The van der Waals surface area contributed by atoms with E-state index in [2.05, 4.69) is 34.4 Å². The molecule has 0 radical (unpaired) electrons. The number of ether oxygens (including phenoxy) is 1. The molecule has 2 aliphatic heterocycles. The van der Waals surface area contributed by atoms with Gasteiger partial charge in [0.05, 0.1) is 18.8 Å². The molecule has 0 bridgehead atoms. The lowest BCUT2D eigenvalue weighted by Crippen LogP contribution is -2.61. The third-order valence-corrected chi connectivity index (χ3v) is 4.26. The quantitative estimate of drug-likeness (QED) is 0.535. The largest absolute Gasteiger partial charge is 0.377 e. The molecule has 0 aromatic carbocycles. The Morgan fingerprint density at radius 3 is 2.33 bits per heavy atom. The summed E-state index contributed by atoms with van der Waals surface area (Å²) in [6, 6.07) is 0. The summed E-state index contributed by atoms with van der Waals surface area (Å²) in [5.74, 6) is 0. The van der Waals surface area contributed by atoms with Gasteiger partial charge in [-0.25, -0.2) is 0 Å². The Balaban J connectivity index is 1.88. The molecular formula is C9H16INO. The van der Waals surface area contributed by atoms with Gasteiger partial charge in [-0.2, -0.15) is 0 Å². The number of hydrogen-bond acceptors (Lipinski definition) is 2. The molecule has 0 saturated carbocycles. The van der Waals surface area contributed by atoms with Crippen LogP contribution in [0.2, 0.25) is 0 Å². The third kappa shape index (κ3) is 1.63. The minimum Gasteiger partial charge on any atom is -0.377 e. The summed E-state index contributed by atoms with van der Waals surface area (Å²) in [6.45, 7) is 6.75. The number of hydrogen-bond donors (Lipinski definition) is 0. The van der Waals surface area contributed by atoms with Gasteiger partial charge in [-0.05, 0) is 32.9 Å². The Hall–Kier alpha value is 0.650. The first-order valence-electron chi connectivity index (χ1n) is 4.68. The second kappa shape index (κ2) is 3.42. The first-order chi connectivity index (χ1) is 5.71. The number of halogens is 1.